The van der Waals surface area contributed by atoms with E-state index in [2.05, 4.69) is 17.2 Å². The molecule has 0 amide bonds. The first-order chi connectivity index (χ1) is 6.77. The number of nitrogens with one attached hydrogen (secondary N) is 1. The van der Waals surface area contributed by atoms with Crippen LogP contribution in [0.15, 0.2) is 11.6 Å². The van der Waals surface area contributed by atoms with Gasteiger partial charge in [0.15, 0.2) is 0 Å². The second kappa shape index (κ2) is 6.08. The van der Waals surface area contributed by atoms with Gasteiger partial charge >= 0.3 is 0 Å². The number of nitrogens with two attached hydrogens (primary N) is 1. The summed E-state index contributed by atoms with van der Waals surface area (Å²) in [5, 5.41) is 6.40. The van der Waals surface area contributed by atoms with Crippen LogP contribution in [0.25, 0.3) is 0 Å². The van der Waals surface area contributed by atoms with Gasteiger partial charge in [-0.15, -0.1) is 11.3 Å². The number of hydrogen-bond donors (Lipinski definition) is 2. The highest BCUT2D eigenvalue weighted by Gasteiger charge is 2.10. The van der Waals surface area contributed by atoms with Gasteiger partial charge in [0.1, 0.15) is 5.01 Å². The molecule has 0 radical (unpaired) electrons. The highest BCUT2D eigenvalue weighted by molar-refractivity contribution is 7.09. The zero-order valence-electron chi connectivity index (χ0n) is 8.56. The van der Waals surface area contributed by atoms with Gasteiger partial charge in [-0.3, -0.25) is 0 Å². The second-order valence-corrected chi connectivity index (χ2v) is 4.02. The third-order valence-electron chi connectivity index (χ3n) is 2.07. The van der Waals surface area contributed by atoms with Crippen molar-refractivity contribution in [3.8, 4) is 0 Å². The zero-order chi connectivity index (χ0) is 10.4. The molecule has 5 heteroatoms. The molecule has 2 atom stereocenters. The summed E-state index contributed by atoms with van der Waals surface area (Å²) in [4.78, 5) is 4.23. The molecule has 0 aliphatic rings. The van der Waals surface area contributed by atoms with Crippen LogP contribution in [0.3, 0.4) is 0 Å². The van der Waals surface area contributed by atoms with Gasteiger partial charge in [-0.1, -0.05) is 0 Å². The van der Waals surface area contributed by atoms with E-state index >= 15 is 0 Å². The maximum Gasteiger partial charge on any atom is 0.109 e. The molecule has 0 spiro atoms. The Morgan fingerprint density at radius 3 is 3.00 bits per heavy atom. The van der Waals surface area contributed by atoms with Gasteiger partial charge in [-0.25, -0.2) is 4.98 Å². The normalized spacial score (nSPS) is 15.4. The van der Waals surface area contributed by atoms with Crippen LogP contribution in [0.1, 0.15) is 18.0 Å². The van der Waals surface area contributed by atoms with Gasteiger partial charge in [-0.2, -0.15) is 0 Å². The number of aromatic nitrogens is 1. The zero-order valence-corrected chi connectivity index (χ0v) is 9.38. The fourth-order valence-corrected chi connectivity index (χ4v) is 1.78. The average Bonchev–Trinajstić information content (AvgIpc) is 2.72. The minimum Gasteiger partial charge on any atom is -0.379 e. The summed E-state index contributed by atoms with van der Waals surface area (Å²) in [6, 6.07) is 0.263. The quantitative estimate of drug-likeness (QED) is 0.736. The van der Waals surface area contributed by atoms with E-state index in [1.807, 2.05) is 11.6 Å². The Labute approximate surface area is 88.5 Å². The summed E-state index contributed by atoms with van der Waals surface area (Å²) in [6.45, 7) is 3.38. The van der Waals surface area contributed by atoms with E-state index in [1.54, 1.807) is 18.4 Å². The van der Waals surface area contributed by atoms with Crippen molar-refractivity contribution in [2.75, 3.05) is 20.2 Å². The summed E-state index contributed by atoms with van der Waals surface area (Å²) in [6.07, 6.45) is 1.90. The first-order valence-corrected chi connectivity index (χ1v) is 5.51. The minimum atomic E-state index is 0.0809. The second-order valence-electron chi connectivity index (χ2n) is 3.09. The van der Waals surface area contributed by atoms with Crippen LogP contribution < -0.4 is 11.1 Å². The van der Waals surface area contributed by atoms with E-state index in [9.17, 15) is 0 Å². The number of rotatable bonds is 6. The molecule has 0 aromatic carbocycles. The summed E-state index contributed by atoms with van der Waals surface area (Å²) < 4.78 is 5.16. The van der Waals surface area contributed by atoms with E-state index in [1.165, 1.54) is 0 Å². The lowest BCUT2D eigenvalue weighted by atomic mass is 10.3. The van der Waals surface area contributed by atoms with Crippen molar-refractivity contribution in [2.24, 2.45) is 5.73 Å². The Hall–Kier alpha value is -0.490. The molecule has 0 fully saturated rings. The lowest BCUT2D eigenvalue weighted by Crippen LogP contribution is -2.35. The third kappa shape index (κ3) is 3.34. The monoisotopic (exact) mass is 215 g/mol. The fourth-order valence-electron chi connectivity index (χ4n) is 1.11. The third-order valence-corrected chi connectivity index (χ3v) is 3.03. The van der Waals surface area contributed by atoms with Gasteiger partial charge in [-0.05, 0) is 6.92 Å². The van der Waals surface area contributed by atoms with Gasteiger partial charge in [0, 0.05) is 31.8 Å². The van der Waals surface area contributed by atoms with Crippen molar-refractivity contribution in [1.82, 2.24) is 10.3 Å². The Balaban J connectivity index is 2.31. The molecule has 0 aliphatic carbocycles. The van der Waals surface area contributed by atoms with Crippen LogP contribution in [-0.4, -0.2) is 31.3 Å². The van der Waals surface area contributed by atoms with Crippen LogP contribution in [-0.2, 0) is 4.74 Å². The maximum atomic E-state index is 5.51. The SMILES string of the molecule is COC(CN)CNC(C)c1nccs1. The van der Waals surface area contributed by atoms with Gasteiger partial charge < -0.3 is 15.8 Å². The van der Waals surface area contributed by atoms with E-state index in [0.717, 1.165) is 11.6 Å². The Kier molecular flexibility index (Phi) is 5.03. The van der Waals surface area contributed by atoms with Gasteiger partial charge in [0.2, 0.25) is 0 Å². The van der Waals surface area contributed by atoms with Crippen LogP contribution in [0, 0.1) is 0 Å². The van der Waals surface area contributed by atoms with Crippen LogP contribution in [0.5, 0.6) is 0 Å². The molecular formula is C9H17N3OS. The molecule has 1 rings (SSSR count). The summed E-state index contributed by atoms with van der Waals surface area (Å²) in [5.74, 6) is 0. The summed E-state index contributed by atoms with van der Waals surface area (Å²) in [5.41, 5.74) is 5.51. The van der Waals surface area contributed by atoms with Crippen molar-refractivity contribution in [1.29, 1.82) is 0 Å². The van der Waals surface area contributed by atoms with E-state index in [4.69, 9.17) is 10.5 Å². The molecule has 0 aliphatic heterocycles. The molecular weight excluding hydrogens is 198 g/mol. The fraction of sp³-hybridized carbons (Fsp3) is 0.667. The molecule has 0 saturated carbocycles. The number of hydrogen-bond acceptors (Lipinski definition) is 5. The van der Waals surface area contributed by atoms with Crippen LogP contribution >= 0.6 is 11.3 Å². The molecule has 2 unspecified atom stereocenters. The van der Waals surface area contributed by atoms with Crippen molar-refractivity contribution >= 4 is 11.3 Å². The van der Waals surface area contributed by atoms with Gasteiger partial charge in [0.05, 0.1) is 12.1 Å². The molecule has 1 aromatic rings. The molecule has 1 aromatic heterocycles. The summed E-state index contributed by atoms with van der Waals surface area (Å²) in [7, 11) is 1.67. The molecule has 80 valence electrons. The molecule has 3 N–H and O–H groups in total. The molecule has 1 heterocycles. The number of nitrogens with zero attached hydrogens (tertiary/aromatic N) is 1. The van der Waals surface area contributed by atoms with Crippen molar-refractivity contribution in [3.63, 3.8) is 0 Å². The average molecular weight is 215 g/mol. The van der Waals surface area contributed by atoms with Gasteiger partial charge in [0.25, 0.3) is 0 Å². The Bertz CT molecular complexity index is 236. The van der Waals surface area contributed by atoms with E-state index < -0.39 is 0 Å². The number of ether oxygens (including phenoxy) is 1. The lowest BCUT2D eigenvalue weighted by Gasteiger charge is -2.16. The predicted molar refractivity (Wildman–Crippen MR) is 58.4 cm³/mol. The lowest BCUT2D eigenvalue weighted by molar-refractivity contribution is 0.106. The maximum absolute atomic E-state index is 5.51. The molecule has 4 nitrogen and oxygen atoms in total. The van der Waals surface area contributed by atoms with Crippen LogP contribution in [0.2, 0.25) is 0 Å². The Morgan fingerprint density at radius 1 is 1.71 bits per heavy atom. The Morgan fingerprint density at radius 2 is 2.50 bits per heavy atom. The molecule has 0 saturated heterocycles. The topological polar surface area (TPSA) is 60.2 Å². The van der Waals surface area contributed by atoms with E-state index in [0.29, 0.717) is 6.54 Å². The van der Waals surface area contributed by atoms with E-state index in [-0.39, 0.29) is 12.1 Å². The van der Waals surface area contributed by atoms with Crippen molar-refractivity contribution in [2.45, 2.75) is 19.1 Å². The molecule has 14 heavy (non-hydrogen) atoms. The smallest absolute Gasteiger partial charge is 0.109 e. The largest absolute Gasteiger partial charge is 0.379 e. The summed E-state index contributed by atoms with van der Waals surface area (Å²) >= 11 is 1.65. The standard InChI is InChI=1S/C9H17N3OS/c1-7(9-11-3-4-14-9)12-6-8(5-10)13-2/h3-4,7-8,12H,5-6,10H2,1-2H3. The minimum absolute atomic E-state index is 0.0809. The van der Waals surface area contributed by atoms with Crippen molar-refractivity contribution in [3.05, 3.63) is 16.6 Å². The first-order valence-electron chi connectivity index (χ1n) is 4.63. The highest BCUT2D eigenvalue weighted by atomic mass is 32.1. The van der Waals surface area contributed by atoms with Crippen LogP contribution in [0.4, 0.5) is 0 Å². The predicted octanol–water partition coefficient (Wildman–Crippen LogP) is 0.767. The highest BCUT2D eigenvalue weighted by Crippen LogP contribution is 2.14. The van der Waals surface area contributed by atoms with Crippen molar-refractivity contribution < 1.29 is 4.74 Å². The first kappa shape index (κ1) is 11.6. The number of methoxy groups -OCH3 is 1. The number of thiazole rings is 1. The molecule has 0 bridgehead atoms.